The number of carbonyl (C=O) groups is 1. The van der Waals surface area contributed by atoms with Crippen molar-refractivity contribution < 1.29 is 4.79 Å². The maximum atomic E-state index is 11.9. The third-order valence-electron chi connectivity index (χ3n) is 2.26. The molecule has 0 saturated heterocycles. The Hall–Kier alpha value is -0.840. The van der Waals surface area contributed by atoms with Crippen LogP contribution < -0.4 is 0 Å². The van der Waals surface area contributed by atoms with E-state index in [9.17, 15) is 4.79 Å². The highest BCUT2D eigenvalue weighted by Crippen LogP contribution is 2.23. The lowest BCUT2D eigenvalue weighted by molar-refractivity contribution is -0.116. The molecule has 18 heavy (non-hydrogen) atoms. The Bertz CT molecular complexity index is 393. The van der Waals surface area contributed by atoms with Crippen molar-refractivity contribution >= 4 is 17.5 Å². The van der Waals surface area contributed by atoms with Gasteiger partial charge in [-0.2, -0.15) is 5.10 Å². The molecule has 0 amide bonds. The average Bonchev–Trinajstić information content (AvgIpc) is 2.61. The van der Waals surface area contributed by atoms with Crippen LogP contribution in [-0.4, -0.2) is 31.0 Å². The molecule has 0 aromatic carbocycles. The third-order valence-corrected chi connectivity index (χ3v) is 3.59. The van der Waals surface area contributed by atoms with Crippen LogP contribution in [0.5, 0.6) is 0 Å². The molecule has 0 bridgehead atoms. The average molecular weight is 269 g/mol. The van der Waals surface area contributed by atoms with Crippen molar-refractivity contribution in [2.75, 3.05) is 5.75 Å². The standard InChI is InChI=1S/C13H23N3OS/c1-10(2)7-16-12(14-9-15-16)6-11(17)8-18-13(3,4)5/h9-10H,6-8H2,1-5H3. The van der Waals surface area contributed by atoms with Crippen LogP contribution in [0.1, 0.15) is 40.4 Å². The molecule has 0 fully saturated rings. The second-order valence-electron chi connectivity index (χ2n) is 5.87. The summed E-state index contributed by atoms with van der Waals surface area (Å²) >= 11 is 1.68. The molecule has 0 N–H and O–H groups in total. The van der Waals surface area contributed by atoms with Gasteiger partial charge in [0, 0.05) is 11.3 Å². The molecule has 1 heterocycles. The summed E-state index contributed by atoms with van der Waals surface area (Å²) in [5.41, 5.74) is 0. The number of Topliss-reactive ketones (excluding diaryl/α,β-unsaturated/α-hetero) is 1. The zero-order valence-corrected chi connectivity index (χ0v) is 12.8. The Morgan fingerprint density at radius 2 is 2.11 bits per heavy atom. The Morgan fingerprint density at radius 1 is 1.44 bits per heavy atom. The summed E-state index contributed by atoms with van der Waals surface area (Å²) < 4.78 is 1.96. The lowest BCUT2D eigenvalue weighted by Gasteiger charge is -2.16. The lowest BCUT2D eigenvalue weighted by Crippen LogP contribution is -2.17. The van der Waals surface area contributed by atoms with Gasteiger partial charge in [0.1, 0.15) is 17.9 Å². The van der Waals surface area contributed by atoms with Crippen molar-refractivity contribution in [1.82, 2.24) is 14.8 Å². The van der Waals surface area contributed by atoms with E-state index in [2.05, 4.69) is 44.7 Å². The zero-order chi connectivity index (χ0) is 13.8. The number of carbonyl (C=O) groups excluding carboxylic acids is 1. The van der Waals surface area contributed by atoms with Crippen molar-refractivity contribution in [3.63, 3.8) is 0 Å². The number of nitrogens with zero attached hydrogens (tertiary/aromatic N) is 3. The molecule has 0 unspecified atom stereocenters. The molecule has 102 valence electrons. The number of ketones is 1. The molecule has 0 radical (unpaired) electrons. The minimum absolute atomic E-state index is 0.126. The van der Waals surface area contributed by atoms with Gasteiger partial charge in [0.15, 0.2) is 0 Å². The van der Waals surface area contributed by atoms with E-state index >= 15 is 0 Å². The Kier molecular flexibility index (Phi) is 5.38. The van der Waals surface area contributed by atoms with E-state index in [1.807, 2.05) is 4.68 Å². The quantitative estimate of drug-likeness (QED) is 0.796. The molecule has 0 atom stereocenters. The maximum Gasteiger partial charge on any atom is 0.150 e. The molecule has 1 aromatic heterocycles. The summed E-state index contributed by atoms with van der Waals surface area (Å²) in [5, 5.41) is 4.16. The van der Waals surface area contributed by atoms with Crippen LogP contribution in [0.4, 0.5) is 0 Å². The zero-order valence-electron chi connectivity index (χ0n) is 11.9. The SMILES string of the molecule is CC(C)Cn1ncnc1CC(=O)CSC(C)(C)C. The number of thioether (sulfide) groups is 1. The highest BCUT2D eigenvalue weighted by Gasteiger charge is 2.16. The normalized spacial score (nSPS) is 12.1. The van der Waals surface area contributed by atoms with Crippen LogP contribution in [0.15, 0.2) is 6.33 Å². The molecular weight excluding hydrogens is 246 g/mol. The van der Waals surface area contributed by atoms with Crippen molar-refractivity contribution in [3.8, 4) is 0 Å². The summed E-state index contributed by atoms with van der Waals surface area (Å²) in [5.74, 6) is 2.04. The number of hydrogen-bond donors (Lipinski definition) is 0. The van der Waals surface area contributed by atoms with Crippen molar-refractivity contribution in [3.05, 3.63) is 12.2 Å². The Balaban J connectivity index is 2.52. The monoisotopic (exact) mass is 269 g/mol. The second-order valence-corrected chi connectivity index (χ2v) is 7.67. The first-order valence-electron chi connectivity index (χ1n) is 6.30. The first-order valence-corrected chi connectivity index (χ1v) is 7.29. The van der Waals surface area contributed by atoms with E-state index in [0.717, 1.165) is 12.4 Å². The van der Waals surface area contributed by atoms with Gasteiger partial charge >= 0.3 is 0 Å². The molecule has 0 saturated carbocycles. The van der Waals surface area contributed by atoms with E-state index in [0.29, 0.717) is 18.1 Å². The predicted molar refractivity (Wildman–Crippen MR) is 75.8 cm³/mol. The Labute approximate surface area is 114 Å². The molecule has 1 aromatic rings. The molecule has 0 aliphatic rings. The molecule has 1 rings (SSSR count). The summed E-state index contributed by atoms with van der Waals surface area (Å²) in [6.45, 7) is 11.4. The van der Waals surface area contributed by atoms with Crippen molar-refractivity contribution in [2.24, 2.45) is 5.92 Å². The summed E-state index contributed by atoms with van der Waals surface area (Å²) in [6.07, 6.45) is 1.91. The molecule has 5 heteroatoms. The molecule has 0 spiro atoms. The fourth-order valence-corrected chi connectivity index (χ4v) is 2.14. The number of rotatable bonds is 6. The van der Waals surface area contributed by atoms with Crippen molar-refractivity contribution in [1.29, 1.82) is 0 Å². The van der Waals surface area contributed by atoms with Gasteiger partial charge in [0.05, 0.1) is 12.2 Å². The highest BCUT2D eigenvalue weighted by molar-refractivity contribution is 8.01. The van der Waals surface area contributed by atoms with Crippen LogP contribution in [0.25, 0.3) is 0 Å². The molecule has 4 nitrogen and oxygen atoms in total. The van der Waals surface area contributed by atoms with Crippen molar-refractivity contribution in [2.45, 2.75) is 52.3 Å². The van der Waals surface area contributed by atoms with Gasteiger partial charge in [-0.3, -0.25) is 4.79 Å². The lowest BCUT2D eigenvalue weighted by atomic mass is 10.2. The van der Waals surface area contributed by atoms with E-state index in [1.165, 1.54) is 6.33 Å². The van der Waals surface area contributed by atoms with Crippen LogP contribution >= 0.6 is 11.8 Å². The summed E-state index contributed by atoms with van der Waals surface area (Å²) in [7, 11) is 0. The molecular formula is C13H23N3OS. The van der Waals surface area contributed by atoms with Gasteiger partial charge in [0.2, 0.25) is 0 Å². The molecule has 0 aliphatic heterocycles. The topological polar surface area (TPSA) is 47.8 Å². The van der Waals surface area contributed by atoms with Gasteiger partial charge in [-0.05, 0) is 5.92 Å². The third kappa shape index (κ3) is 5.67. The predicted octanol–water partition coefficient (Wildman–Crippen LogP) is 2.58. The van der Waals surface area contributed by atoms with Gasteiger partial charge in [-0.15, -0.1) is 11.8 Å². The number of hydrogen-bond acceptors (Lipinski definition) is 4. The maximum absolute atomic E-state index is 11.9. The fourth-order valence-electron chi connectivity index (χ4n) is 1.45. The smallest absolute Gasteiger partial charge is 0.150 e. The van der Waals surface area contributed by atoms with Crippen LogP contribution in [0, 0.1) is 5.92 Å². The largest absolute Gasteiger partial charge is 0.298 e. The first-order chi connectivity index (χ1) is 8.28. The number of aromatic nitrogens is 3. The fraction of sp³-hybridized carbons (Fsp3) is 0.769. The summed E-state index contributed by atoms with van der Waals surface area (Å²) in [6, 6.07) is 0. The van der Waals surface area contributed by atoms with Gasteiger partial charge in [-0.1, -0.05) is 34.6 Å². The van der Waals surface area contributed by atoms with Crippen LogP contribution in [-0.2, 0) is 17.8 Å². The van der Waals surface area contributed by atoms with E-state index < -0.39 is 0 Å². The van der Waals surface area contributed by atoms with E-state index in [-0.39, 0.29) is 10.5 Å². The minimum atomic E-state index is 0.126. The van der Waals surface area contributed by atoms with Crippen LogP contribution in [0.3, 0.4) is 0 Å². The second kappa shape index (κ2) is 6.36. The highest BCUT2D eigenvalue weighted by atomic mass is 32.2. The first kappa shape index (κ1) is 15.2. The van der Waals surface area contributed by atoms with E-state index in [1.54, 1.807) is 11.8 Å². The van der Waals surface area contributed by atoms with E-state index in [4.69, 9.17) is 0 Å². The van der Waals surface area contributed by atoms with Gasteiger partial charge in [-0.25, -0.2) is 9.67 Å². The molecule has 0 aliphatic carbocycles. The Morgan fingerprint density at radius 3 is 2.67 bits per heavy atom. The van der Waals surface area contributed by atoms with Gasteiger partial charge in [0.25, 0.3) is 0 Å². The minimum Gasteiger partial charge on any atom is -0.298 e. The summed E-state index contributed by atoms with van der Waals surface area (Å²) in [4.78, 5) is 16.1. The van der Waals surface area contributed by atoms with Gasteiger partial charge < -0.3 is 0 Å². The van der Waals surface area contributed by atoms with Crippen LogP contribution in [0.2, 0.25) is 0 Å².